The van der Waals surface area contributed by atoms with Crippen LogP contribution in [0.15, 0.2) is 18.2 Å². The van der Waals surface area contributed by atoms with Gasteiger partial charge in [-0.25, -0.2) is 4.39 Å². The number of phenolic OH excluding ortho intramolecular Hbond substituents is 2. The predicted octanol–water partition coefficient (Wildman–Crippen LogP) is 5.55. The van der Waals surface area contributed by atoms with Crippen molar-refractivity contribution in [2.24, 2.45) is 0 Å². The second-order valence-corrected chi connectivity index (χ2v) is 4.46. The van der Waals surface area contributed by atoms with Crippen molar-refractivity contribution in [1.29, 1.82) is 0 Å². The Morgan fingerprint density at radius 3 is 2.05 bits per heavy atom. The van der Waals surface area contributed by atoms with Crippen LogP contribution in [-0.4, -0.2) is 10.2 Å². The first-order chi connectivity index (χ1) is 10.5. The summed E-state index contributed by atoms with van der Waals surface area (Å²) in [6, 6.07) is 5.19. The van der Waals surface area contributed by atoms with E-state index >= 15 is 0 Å². The number of phenols is 2. The Morgan fingerprint density at radius 2 is 1.59 bits per heavy atom. The van der Waals surface area contributed by atoms with Crippen LogP contribution in [-0.2, 0) is 0 Å². The molecule has 0 aliphatic carbocycles. The number of benzene rings is 2. The molecule has 0 unspecified atom stereocenters. The Hall–Kier alpha value is -2.21. The molecule has 22 heavy (non-hydrogen) atoms. The molecule has 0 bridgehead atoms. The molecule has 0 aliphatic rings. The van der Waals surface area contributed by atoms with Gasteiger partial charge in [0.1, 0.15) is 0 Å². The van der Waals surface area contributed by atoms with Crippen LogP contribution in [0.2, 0.25) is 0 Å². The fourth-order valence-electron chi connectivity index (χ4n) is 2.12. The molecule has 2 N–H and O–H groups in total. The average Bonchev–Trinajstić information content (AvgIpc) is 2.56. The number of fused-ring (bicyclic) bond motifs is 1. The average molecular weight is 304 g/mol. The van der Waals surface area contributed by atoms with Crippen LogP contribution in [0.25, 0.3) is 10.8 Å². The van der Waals surface area contributed by atoms with Crippen LogP contribution in [0.5, 0.6) is 11.5 Å². The van der Waals surface area contributed by atoms with Crippen LogP contribution in [0.1, 0.15) is 58.6 Å². The Balaban J connectivity index is 0.00000102. The zero-order chi connectivity index (χ0) is 17.4. The van der Waals surface area contributed by atoms with Crippen molar-refractivity contribution < 1.29 is 14.6 Å². The van der Waals surface area contributed by atoms with E-state index in [9.17, 15) is 14.6 Å². The smallest absolute Gasteiger partial charge is 0.196 e. The molecule has 3 heteroatoms. The van der Waals surface area contributed by atoms with Crippen LogP contribution >= 0.6 is 0 Å². The standard InChI is InChI=1S/C15H13FO2.2C2H6/c1-4-9-12-10(8(2)3)6-5-7-11(12)14(17)15(18)13(9)16;2*1-2/h1,5-8,17-18H,2-3H3;2*1-2H3. The number of halogens is 1. The molecule has 2 aromatic rings. The number of hydrogen-bond donors (Lipinski definition) is 2. The second-order valence-electron chi connectivity index (χ2n) is 4.46. The molecule has 0 saturated heterocycles. The van der Waals surface area contributed by atoms with Crippen molar-refractivity contribution >= 4 is 10.8 Å². The summed E-state index contributed by atoms with van der Waals surface area (Å²) in [5, 5.41) is 20.2. The number of hydrogen-bond acceptors (Lipinski definition) is 2. The van der Waals surface area contributed by atoms with Gasteiger partial charge in [0.05, 0.1) is 5.56 Å². The predicted molar refractivity (Wildman–Crippen MR) is 92.0 cm³/mol. The molecular formula is C19H25FO2. The third kappa shape index (κ3) is 3.51. The highest BCUT2D eigenvalue weighted by Gasteiger charge is 2.20. The normalized spacial score (nSPS) is 9.41. The summed E-state index contributed by atoms with van der Waals surface area (Å²) in [5.74, 6) is 0.172. The fourth-order valence-corrected chi connectivity index (χ4v) is 2.12. The Kier molecular flexibility index (Phi) is 8.04. The molecule has 2 rings (SSSR count). The highest BCUT2D eigenvalue weighted by molar-refractivity contribution is 5.97. The molecule has 0 fully saturated rings. The minimum Gasteiger partial charge on any atom is -0.504 e. The maximum Gasteiger partial charge on any atom is 0.196 e. The Bertz CT molecular complexity index is 667. The third-order valence-corrected chi connectivity index (χ3v) is 3.02. The number of terminal acetylenes is 1. The van der Waals surface area contributed by atoms with Crippen molar-refractivity contribution in [3.63, 3.8) is 0 Å². The first-order valence-corrected chi connectivity index (χ1v) is 7.61. The van der Waals surface area contributed by atoms with Crippen molar-refractivity contribution in [2.75, 3.05) is 0 Å². The lowest BCUT2D eigenvalue weighted by Crippen LogP contribution is -1.96. The van der Waals surface area contributed by atoms with Gasteiger partial charge in [-0.05, 0) is 11.5 Å². The van der Waals surface area contributed by atoms with E-state index in [1.54, 1.807) is 12.1 Å². The van der Waals surface area contributed by atoms with Crippen molar-refractivity contribution in [1.82, 2.24) is 0 Å². The van der Waals surface area contributed by atoms with Gasteiger partial charge in [0.25, 0.3) is 0 Å². The van der Waals surface area contributed by atoms with Crippen LogP contribution < -0.4 is 0 Å². The molecule has 0 radical (unpaired) electrons. The van der Waals surface area contributed by atoms with Gasteiger partial charge in [-0.3, -0.25) is 0 Å². The quantitative estimate of drug-likeness (QED) is 0.536. The van der Waals surface area contributed by atoms with Gasteiger partial charge in [0.15, 0.2) is 17.3 Å². The van der Waals surface area contributed by atoms with E-state index in [2.05, 4.69) is 5.92 Å². The zero-order valence-corrected chi connectivity index (χ0v) is 14.2. The van der Waals surface area contributed by atoms with E-state index in [1.807, 2.05) is 47.6 Å². The summed E-state index contributed by atoms with van der Waals surface area (Å²) >= 11 is 0. The van der Waals surface area contributed by atoms with E-state index in [0.717, 1.165) is 5.56 Å². The van der Waals surface area contributed by atoms with E-state index < -0.39 is 17.3 Å². The molecule has 2 nitrogen and oxygen atoms in total. The molecule has 120 valence electrons. The monoisotopic (exact) mass is 304 g/mol. The highest BCUT2D eigenvalue weighted by Crippen LogP contribution is 2.41. The summed E-state index contributed by atoms with van der Waals surface area (Å²) < 4.78 is 13.9. The van der Waals surface area contributed by atoms with E-state index in [0.29, 0.717) is 10.8 Å². The molecule has 0 spiro atoms. The van der Waals surface area contributed by atoms with Gasteiger partial charge in [0, 0.05) is 10.8 Å². The lowest BCUT2D eigenvalue weighted by molar-refractivity contribution is 0.382. The number of aromatic hydroxyl groups is 2. The summed E-state index contributed by atoms with van der Waals surface area (Å²) in [5.41, 5.74) is 0.833. The molecular weight excluding hydrogens is 279 g/mol. The molecule has 0 amide bonds. The van der Waals surface area contributed by atoms with Crippen molar-refractivity contribution in [3.8, 4) is 23.8 Å². The van der Waals surface area contributed by atoms with Gasteiger partial charge in [0.2, 0.25) is 0 Å². The van der Waals surface area contributed by atoms with E-state index in [-0.39, 0.29) is 11.5 Å². The van der Waals surface area contributed by atoms with Crippen LogP contribution in [0, 0.1) is 18.2 Å². The minimum atomic E-state index is -0.949. The SMILES string of the molecule is C#Cc1c(F)c(O)c(O)c2cccc(C(C)C)c12.CC.CC. The van der Waals surface area contributed by atoms with Gasteiger partial charge in [-0.2, -0.15) is 0 Å². The van der Waals surface area contributed by atoms with Gasteiger partial charge in [-0.1, -0.05) is 65.7 Å². The summed E-state index contributed by atoms with van der Waals surface area (Å²) in [6.45, 7) is 11.9. The van der Waals surface area contributed by atoms with Crippen molar-refractivity contribution in [2.45, 2.75) is 47.5 Å². The van der Waals surface area contributed by atoms with Crippen LogP contribution in [0.4, 0.5) is 4.39 Å². The first kappa shape index (κ1) is 19.8. The van der Waals surface area contributed by atoms with Gasteiger partial charge in [-0.15, -0.1) is 6.42 Å². The summed E-state index contributed by atoms with van der Waals surface area (Å²) in [7, 11) is 0. The second kappa shape index (κ2) is 8.94. The Labute approximate surface area is 132 Å². The lowest BCUT2D eigenvalue weighted by atomic mass is 9.92. The van der Waals surface area contributed by atoms with E-state index in [1.165, 1.54) is 0 Å². The highest BCUT2D eigenvalue weighted by atomic mass is 19.1. The third-order valence-electron chi connectivity index (χ3n) is 3.02. The minimum absolute atomic E-state index is 0.00963. The van der Waals surface area contributed by atoms with E-state index in [4.69, 9.17) is 6.42 Å². The molecule has 0 saturated carbocycles. The molecule has 0 heterocycles. The topological polar surface area (TPSA) is 40.5 Å². The van der Waals surface area contributed by atoms with Gasteiger partial charge >= 0.3 is 0 Å². The zero-order valence-electron chi connectivity index (χ0n) is 14.2. The van der Waals surface area contributed by atoms with Crippen LogP contribution in [0.3, 0.4) is 0 Å². The summed E-state index contributed by atoms with van der Waals surface area (Å²) in [4.78, 5) is 0. The largest absolute Gasteiger partial charge is 0.504 e. The maximum atomic E-state index is 13.9. The molecule has 0 aromatic heterocycles. The Morgan fingerprint density at radius 1 is 1.05 bits per heavy atom. The lowest BCUT2D eigenvalue weighted by Gasteiger charge is -2.14. The number of rotatable bonds is 1. The molecule has 2 aromatic carbocycles. The summed E-state index contributed by atoms with van der Waals surface area (Å²) in [6.07, 6.45) is 5.32. The van der Waals surface area contributed by atoms with Crippen molar-refractivity contribution in [3.05, 3.63) is 35.1 Å². The molecule has 0 atom stereocenters. The fraction of sp³-hybridized carbons (Fsp3) is 0.368. The maximum absolute atomic E-state index is 13.9. The first-order valence-electron chi connectivity index (χ1n) is 7.61. The van der Waals surface area contributed by atoms with Gasteiger partial charge < -0.3 is 10.2 Å². The molecule has 0 aliphatic heterocycles.